The van der Waals surface area contributed by atoms with E-state index in [1.165, 1.54) is 4.88 Å². The van der Waals surface area contributed by atoms with E-state index in [9.17, 15) is 9.00 Å². The molecule has 4 rings (SSSR count). The molecule has 5 nitrogen and oxygen atoms in total. The highest BCUT2D eigenvalue weighted by Crippen LogP contribution is 2.34. The maximum Gasteiger partial charge on any atom is 0.226 e. The highest BCUT2D eigenvalue weighted by atomic mass is 32.2. The number of hydrogen-bond donors (Lipinski definition) is 0. The summed E-state index contributed by atoms with van der Waals surface area (Å²) in [5.41, 5.74) is 1.12. The first kappa shape index (κ1) is 20.3. The lowest BCUT2D eigenvalue weighted by molar-refractivity contribution is -0.138. The average Bonchev–Trinajstić information content (AvgIpc) is 3.28. The molecule has 29 heavy (non-hydrogen) atoms. The van der Waals surface area contributed by atoms with Gasteiger partial charge in [0, 0.05) is 53.7 Å². The summed E-state index contributed by atoms with van der Waals surface area (Å²) in [7, 11) is -0.298. The van der Waals surface area contributed by atoms with Crippen LogP contribution in [-0.4, -0.2) is 59.1 Å². The number of anilines is 1. The first-order chi connectivity index (χ1) is 14.0. The fourth-order valence-electron chi connectivity index (χ4n) is 4.25. The fraction of sp³-hybridized carbons (Fsp3) is 0.455. The molecule has 1 atom stereocenters. The number of nitrogens with zero attached hydrogens (tertiary/aromatic N) is 2. The third-order valence-corrected chi connectivity index (χ3v) is 8.91. The number of methoxy groups -OCH3 is 1. The Kier molecular flexibility index (Phi) is 5.88. The Balaban J connectivity index is 1.55. The summed E-state index contributed by atoms with van der Waals surface area (Å²) in [6.07, 6.45) is 1.38. The summed E-state index contributed by atoms with van der Waals surface area (Å²) in [5.74, 6) is 5.99. The molecule has 7 heteroatoms. The predicted molar refractivity (Wildman–Crippen MR) is 122 cm³/mol. The highest BCUT2D eigenvalue weighted by Gasteiger charge is 2.37. The SMILES string of the molecule is C=S1(=O)CCC(C(=O)N2CCN(c3cccc(OC)c3)CC2c2cccs2)CC1. The van der Waals surface area contributed by atoms with Gasteiger partial charge in [-0.1, -0.05) is 12.1 Å². The van der Waals surface area contributed by atoms with Gasteiger partial charge in [0.1, 0.15) is 5.75 Å². The van der Waals surface area contributed by atoms with Crippen molar-refractivity contribution in [2.45, 2.75) is 18.9 Å². The van der Waals surface area contributed by atoms with E-state index in [0.717, 1.165) is 24.5 Å². The Hall–Kier alpha value is -1.99. The summed E-state index contributed by atoms with van der Waals surface area (Å²) in [5, 5.41) is 2.07. The quantitative estimate of drug-likeness (QED) is 0.696. The molecule has 0 saturated carbocycles. The molecular weight excluding hydrogens is 404 g/mol. The van der Waals surface area contributed by atoms with E-state index in [0.29, 0.717) is 30.9 Å². The second-order valence-corrected chi connectivity index (χ2v) is 11.6. The second kappa shape index (κ2) is 8.40. The van der Waals surface area contributed by atoms with E-state index in [2.05, 4.69) is 39.2 Å². The molecule has 2 aromatic rings. The van der Waals surface area contributed by atoms with Crippen LogP contribution in [0.5, 0.6) is 5.75 Å². The monoisotopic (exact) mass is 432 g/mol. The maximum absolute atomic E-state index is 13.4. The molecule has 1 aromatic heterocycles. The summed E-state index contributed by atoms with van der Waals surface area (Å²) in [6.45, 7) is 2.24. The third kappa shape index (κ3) is 4.46. The third-order valence-electron chi connectivity index (χ3n) is 5.98. The molecule has 2 saturated heterocycles. The van der Waals surface area contributed by atoms with Crippen LogP contribution in [0.3, 0.4) is 0 Å². The van der Waals surface area contributed by atoms with Gasteiger partial charge < -0.3 is 14.5 Å². The van der Waals surface area contributed by atoms with Crippen LogP contribution in [0.4, 0.5) is 5.69 Å². The summed E-state index contributed by atoms with van der Waals surface area (Å²) in [6, 6.07) is 12.3. The lowest BCUT2D eigenvalue weighted by Crippen LogP contribution is -2.52. The largest absolute Gasteiger partial charge is 0.497 e. The van der Waals surface area contributed by atoms with Gasteiger partial charge in [0.05, 0.1) is 13.2 Å². The predicted octanol–water partition coefficient (Wildman–Crippen LogP) is 3.27. The van der Waals surface area contributed by atoms with Crippen LogP contribution in [-0.2, 0) is 14.3 Å². The Morgan fingerprint density at radius 1 is 1.21 bits per heavy atom. The van der Waals surface area contributed by atoms with Crippen molar-refractivity contribution in [3.63, 3.8) is 0 Å². The minimum atomic E-state index is -1.98. The molecule has 1 unspecified atom stereocenters. The number of thiophene rings is 1. The smallest absolute Gasteiger partial charge is 0.226 e. The molecule has 2 fully saturated rings. The number of rotatable bonds is 4. The molecule has 3 heterocycles. The van der Waals surface area contributed by atoms with Gasteiger partial charge in [-0.3, -0.25) is 9.00 Å². The zero-order valence-electron chi connectivity index (χ0n) is 16.8. The summed E-state index contributed by atoms with van der Waals surface area (Å²) in [4.78, 5) is 19.0. The number of carbonyl (C=O) groups excluding carboxylic acids is 1. The van der Waals surface area contributed by atoms with Crippen LogP contribution >= 0.6 is 11.3 Å². The standard InChI is InChI=1S/C22H28N2O3S2/c1-27-19-6-3-5-18(15-19)23-10-11-24(20(16-23)21-7-4-12-28-21)22(25)17-8-13-29(2,26)14-9-17/h3-7,12,15,17,20H,2,8-11,13-14,16H2,1H3. The van der Waals surface area contributed by atoms with Gasteiger partial charge in [-0.2, -0.15) is 0 Å². The maximum atomic E-state index is 13.4. The Bertz CT molecular complexity index is 942. The van der Waals surface area contributed by atoms with Crippen LogP contribution < -0.4 is 9.64 Å². The normalized spacial score (nSPS) is 27.6. The lowest BCUT2D eigenvalue weighted by atomic mass is 9.98. The second-order valence-electron chi connectivity index (χ2n) is 7.86. The van der Waals surface area contributed by atoms with Crippen molar-refractivity contribution in [2.75, 3.05) is 43.1 Å². The molecule has 0 bridgehead atoms. The molecule has 2 aliphatic rings. The minimum Gasteiger partial charge on any atom is -0.497 e. The molecule has 0 aliphatic carbocycles. The van der Waals surface area contributed by atoms with Crippen molar-refractivity contribution < 1.29 is 13.7 Å². The molecule has 0 N–H and O–H groups in total. The van der Waals surface area contributed by atoms with E-state index < -0.39 is 9.52 Å². The number of amides is 1. The van der Waals surface area contributed by atoms with Gasteiger partial charge in [0.2, 0.25) is 5.91 Å². The lowest BCUT2D eigenvalue weighted by Gasteiger charge is -2.44. The van der Waals surface area contributed by atoms with Crippen molar-refractivity contribution >= 4 is 38.3 Å². The van der Waals surface area contributed by atoms with Gasteiger partial charge in [0.15, 0.2) is 0 Å². The highest BCUT2D eigenvalue weighted by molar-refractivity contribution is 8.00. The van der Waals surface area contributed by atoms with Crippen LogP contribution in [0.2, 0.25) is 0 Å². The zero-order valence-corrected chi connectivity index (χ0v) is 18.4. The van der Waals surface area contributed by atoms with Crippen LogP contribution in [0.15, 0.2) is 41.8 Å². The van der Waals surface area contributed by atoms with E-state index in [1.54, 1.807) is 18.4 Å². The van der Waals surface area contributed by atoms with Gasteiger partial charge in [-0.25, -0.2) is 0 Å². The average molecular weight is 433 g/mol. The Morgan fingerprint density at radius 3 is 2.69 bits per heavy atom. The van der Waals surface area contributed by atoms with E-state index in [1.807, 2.05) is 18.2 Å². The Morgan fingerprint density at radius 2 is 2.00 bits per heavy atom. The van der Waals surface area contributed by atoms with Crippen molar-refractivity contribution in [1.82, 2.24) is 4.90 Å². The summed E-state index contributed by atoms with van der Waals surface area (Å²) < 4.78 is 17.6. The first-order valence-corrected chi connectivity index (χ1v) is 13.0. The number of ether oxygens (including phenoxy) is 1. The van der Waals surface area contributed by atoms with E-state index >= 15 is 0 Å². The topological polar surface area (TPSA) is 49.9 Å². The number of piperazine rings is 1. The number of hydrogen-bond acceptors (Lipinski definition) is 5. The number of carbonyl (C=O) groups is 1. The van der Waals surface area contributed by atoms with Crippen LogP contribution in [0.1, 0.15) is 23.8 Å². The summed E-state index contributed by atoms with van der Waals surface area (Å²) >= 11 is 1.70. The molecule has 2 aliphatic heterocycles. The van der Waals surface area contributed by atoms with Gasteiger partial charge in [-0.15, -0.1) is 11.3 Å². The number of benzene rings is 1. The fourth-order valence-corrected chi connectivity index (χ4v) is 6.72. The molecule has 1 amide bonds. The molecule has 156 valence electrons. The van der Waals surface area contributed by atoms with Gasteiger partial charge in [0.25, 0.3) is 0 Å². The van der Waals surface area contributed by atoms with E-state index in [4.69, 9.17) is 4.74 Å². The zero-order chi connectivity index (χ0) is 20.4. The van der Waals surface area contributed by atoms with Crippen LogP contribution in [0, 0.1) is 5.92 Å². The van der Waals surface area contributed by atoms with Crippen molar-refractivity contribution in [3.05, 3.63) is 46.7 Å². The van der Waals surface area contributed by atoms with E-state index in [-0.39, 0.29) is 17.9 Å². The van der Waals surface area contributed by atoms with Gasteiger partial charge >= 0.3 is 0 Å². The van der Waals surface area contributed by atoms with Crippen molar-refractivity contribution in [1.29, 1.82) is 0 Å². The van der Waals surface area contributed by atoms with Gasteiger partial charge in [-0.05, 0) is 51.8 Å². The molecular formula is C22H28N2O3S2. The Labute approximate surface area is 177 Å². The first-order valence-electron chi connectivity index (χ1n) is 10.0. The van der Waals surface area contributed by atoms with Crippen molar-refractivity contribution in [2.24, 2.45) is 5.92 Å². The molecule has 0 spiro atoms. The molecule has 1 aromatic carbocycles. The molecule has 0 radical (unpaired) electrons. The van der Waals surface area contributed by atoms with Crippen molar-refractivity contribution in [3.8, 4) is 5.75 Å². The minimum absolute atomic E-state index is 0.0304. The van der Waals surface area contributed by atoms with Crippen LogP contribution in [0.25, 0.3) is 0 Å².